The zero-order valence-corrected chi connectivity index (χ0v) is 11.1. The van der Waals surface area contributed by atoms with Gasteiger partial charge in [-0.3, -0.25) is 14.9 Å². The van der Waals surface area contributed by atoms with Crippen molar-refractivity contribution in [3.8, 4) is 5.75 Å². The second-order valence-corrected chi connectivity index (χ2v) is 5.54. The largest absolute Gasteiger partial charge is 0.502 e. The summed E-state index contributed by atoms with van der Waals surface area (Å²) in [7, 11) is -4.24. The summed E-state index contributed by atoms with van der Waals surface area (Å²) in [6, 6.07) is 1.12. The number of rotatable bonds is 6. The molecule has 0 saturated carbocycles. The first kappa shape index (κ1) is 15.9. The maximum Gasteiger partial charge on any atom is 0.321 e. The number of sulfonamides is 1. The number of carboxylic acids is 1. The zero-order valence-electron chi connectivity index (χ0n) is 10.3. The Morgan fingerprint density at radius 2 is 2.10 bits per heavy atom. The van der Waals surface area contributed by atoms with E-state index in [1.54, 1.807) is 0 Å². The summed E-state index contributed by atoms with van der Waals surface area (Å²) >= 11 is 0. The maximum atomic E-state index is 11.9. The number of nitrogens with zero attached hydrogens (tertiary/aromatic N) is 1. The van der Waals surface area contributed by atoms with Crippen LogP contribution in [0.1, 0.15) is 13.3 Å². The van der Waals surface area contributed by atoms with Crippen LogP contribution in [0.25, 0.3) is 0 Å². The highest BCUT2D eigenvalue weighted by Gasteiger charge is 2.26. The molecule has 0 aliphatic carbocycles. The van der Waals surface area contributed by atoms with Gasteiger partial charge in [0.1, 0.15) is 6.04 Å². The predicted molar refractivity (Wildman–Crippen MR) is 66.8 cm³/mol. The van der Waals surface area contributed by atoms with Crippen LogP contribution in [0.2, 0.25) is 0 Å². The van der Waals surface area contributed by atoms with Crippen LogP contribution >= 0.6 is 0 Å². The van der Waals surface area contributed by atoms with E-state index in [1.807, 2.05) is 4.72 Å². The van der Waals surface area contributed by atoms with Crippen molar-refractivity contribution in [1.82, 2.24) is 4.72 Å². The molecule has 1 rings (SSSR count). The minimum absolute atomic E-state index is 0.00867. The van der Waals surface area contributed by atoms with Gasteiger partial charge in [0.05, 0.1) is 9.82 Å². The molecule has 3 N–H and O–H groups in total. The lowest BCUT2D eigenvalue weighted by Crippen LogP contribution is -2.40. The number of carbonyl (C=O) groups is 1. The lowest BCUT2D eigenvalue weighted by atomic mass is 10.2. The molecule has 0 spiro atoms. The maximum absolute atomic E-state index is 11.9. The van der Waals surface area contributed by atoms with E-state index in [9.17, 15) is 28.4 Å². The molecule has 1 unspecified atom stereocenters. The van der Waals surface area contributed by atoms with Crippen molar-refractivity contribution in [1.29, 1.82) is 0 Å². The molecule has 9 nitrogen and oxygen atoms in total. The van der Waals surface area contributed by atoms with Gasteiger partial charge in [-0.2, -0.15) is 4.72 Å². The second kappa shape index (κ2) is 5.84. The molecule has 10 heteroatoms. The monoisotopic (exact) mass is 304 g/mol. The van der Waals surface area contributed by atoms with Crippen molar-refractivity contribution < 1.29 is 28.3 Å². The van der Waals surface area contributed by atoms with E-state index in [0.29, 0.717) is 6.07 Å². The summed E-state index contributed by atoms with van der Waals surface area (Å²) in [5, 5.41) is 28.7. The molecule has 110 valence electrons. The van der Waals surface area contributed by atoms with Crippen LogP contribution in [0.15, 0.2) is 23.1 Å². The zero-order chi connectivity index (χ0) is 15.5. The number of phenols is 1. The summed E-state index contributed by atoms with van der Waals surface area (Å²) in [6.07, 6.45) is 0.00867. The summed E-state index contributed by atoms with van der Waals surface area (Å²) in [5.41, 5.74) is -0.781. The molecule has 0 radical (unpaired) electrons. The number of aliphatic carboxylic acids is 1. The van der Waals surface area contributed by atoms with Gasteiger partial charge in [-0.1, -0.05) is 6.92 Å². The van der Waals surface area contributed by atoms with Crippen molar-refractivity contribution in [2.24, 2.45) is 0 Å². The Balaban J connectivity index is 3.19. The molecule has 0 heterocycles. The topological polar surface area (TPSA) is 147 Å². The van der Waals surface area contributed by atoms with Crippen LogP contribution in [0, 0.1) is 10.1 Å². The van der Waals surface area contributed by atoms with Crippen molar-refractivity contribution in [3.63, 3.8) is 0 Å². The Morgan fingerprint density at radius 1 is 1.50 bits per heavy atom. The van der Waals surface area contributed by atoms with Crippen molar-refractivity contribution in [2.45, 2.75) is 24.3 Å². The van der Waals surface area contributed by atoms with Crippen molar-refractivity contribution in [2.75, 3.05) is 0 Å². The highest BCUT2D eigenvalue weighted by Crippen LogP contribution is 2.28. The van der Waals surface area contributed by atoms with E-state index < -0.39 is 43.3 Å². The van der Waals surface area contributed by atoms with E-state index in [-0.39, 0.29) is 6.42 Å². The number of nitro benzene ring substituents is 1. The number of benzene rings is 1. The number of hydrogen-bond donors (Lipinski definition) is 3. The Morgan fingerprint density at radius 3 is 2.55 bits per heavy atom. The molecule has 0 bridgehead atoms. The molecular formula is C10H12N2O7S. The molecule has 0 aliphatic heterocycles. The normalized spacial score (nSPS) is 12.8. The standard InChI is InChI=1S/C10H12N2O7S/c1-2-7(10(14)15)11-20(18,19)6-3-4-9(13)8(5-6)12(16)17/h3-5,7,11,13H,2H2,1H3,(H,14,15). The van der Waals surface area contributed by atoms with Crippen LogP contribution in [0.5, 0.6) is 5.75 Å². The first-order valence-electron chi connectivity index (χ1n) is 5.41. The van der Waals surface area contributed by atoms with Gasteiger partial charge >= 0.3 is 11.7 Å². The number of carboxylic acid groups (broad SMARTS) is 1. The summed E-state index contributed by atoms with van der Waals surface area (Å²) in [6.45, 7) is 1.47. The van der Waals surface area contributed by atoms with E-state index >= 15 is 0 Å². The molecule has 0 fully saturated rings. The molecule has 0 saturated heterocycles. The first-order chi connectivity index (χ1) is 9.19. The Bertz CT molecular complexity index is 641. The van der Waals surface area contributed by atoms with Crippen LogP contribution in [0.4, 0.5) is 5.69 Å². The highest BCUT2D eigenvalue weighted by molar-refractivity contribution is 7.89. The Kier molecular flexibility index (Phi) is 4.63. The lowest BCUT2D eigenvalue weighted by Gasteiger charge is -2.12. The van der Waals surface area contributed by atoms with Crippen molar-refractivity contribution >= 4 is 21.7 Å². The molecule has 1 aromatic rings. The third-order valence-corrected chi connectivity index (χ3v) is 3.93. The third kappa shape index (κ3) is 3.42. The molecular weight excluding hydrogens is 292 g/mol. The fraction of sp³-hybridized carbons (Fsp3) is 0.300. The Labute approximate surface area is 114 Å². The van der Waals surface area contributed by atoms with Gasteiger partial charge in [0.25, 0.3) is 0 Å². The van der Waals surface area contributed by atoms with Gasteiger partial charge in [0.15, 0.2) is 5.75 Å². The van der Waals surface area contributed by atoms with Gasteiger partial charge in [-0.05, 0) is 18.6 Å². The number of nitrogens with one attached hydrogen (secondary N) is 1. The van der Waals surface area contributed by atoms with Gasteiger partial charge in [0.2, 0.25) is 10.0 Å². The number of nitro groups is 1. The van der Waals surface area contributed by atoms with Gasteiger partial charge in [0, 0.05) is 6.07 Å². The summed E-state index contributed by atoms with van der Waals surface area (Å²) < 4.78 is 25.7. The summed E-state index contributed by atoms with van der Waals surface area (Å²) in [5.74, 6) is -2.04. The second-order valence-electron chi connectivity index (χ2n) is 3.83. The van der Waals surface area contributed by atoms with Crippen molar-refractivity contribution in [3.05, 3.63) is 28.3 Å². The lowest BCUT2D eigenvalue weighted by molar-refractivity contribution is -0.386. The smallest absolute Gasteiger partial charge is 0.321 e. The highest BCUT2D eigenvalue weighted by atomic mass is 32.2. The summed E-state index contributed by atoms with van der Waals surface area (Å²) in [4.78, 5) is 20.0. The molecule has 1 atom stereocenters. The minimum Gasteiger partial charge on any atom is -0.502 e. The van der Waals surface area contributed by atoms with Gasteiger partial charge in [-0.15, -0.1) is 0 Å². The fourth-order valence-electron chi connectivity index (χ4n) is 1.38. The minimum atomic E-state index is -4.24. The van der Waals surface area contributed by atoms with Crippen LogP contribution in [-0.4, -0.2) is 35.6 Å². The van der Waals surface area contributed by atoms with Crippen LogP contribution in [0.3, 0.4) is 0 Å². The predicted octanol–water partition coefficient (Wildman–Crippen LogP) is 0.442. The molecule has 20 heavy (non-hydrogen) atoms. The molecule has 0 aliphatic rings. The number of aromatic hydroxyl groups is 1. The van der Waals surface area contributed by atoms with Gasteiger partial charge < -0.3 is 10.2 Å². The molecule has 0 aromatic heterocycles. The quantitative estimate of drug-likeness (QED) is 0.510. The third-order valence-electron chi connectivity index (χ3n) is 2.46. The van der Waals surface area contributed by atoms with Crippen LogP contribution < -0.4 is 4.72 Å². The van der Waals surface area contributed by atoms with E-state index in [2.05, 4.69) is 0 Å². The van der Waals surface area contributed by atoms with E-state index in [1.165, 1.54) is 6.92 Å². The fourth-order valence-corrected chi connectivity index (χ4v) is 2.67. The van der Waals surface area contributed by atoms with E-state index in [4.69, 9.17) is 5.11 Å². The average Bonchev–Trinajstić information content (AvgIpc) is 2.35. The first-order valence-corrected chi connectivity index (χ1v) is 6.90. The average molecular weight is 304 g/mol. The number of phenolic OH excluding ortho intramolecular Hbond substituents is 1. The SMILES string of the molecule is CCC(NS(=O)(=O)c1ccc(O)c([N+](=O)[O-])c1)C(=O)O. The van der Waals surface area contributed by atoms with Crippen LogP contribution in [-0.2, 0) is 14.8 Å². The molecule has 0 amide bonds. The van der Waals surface area contributed by atoms with E-state index in [0.717, 1.165) is 12.1 Å². The Hall–Kier alpha value is -2.20. The number of hydrogen-bond acceptors (Lipinski definition) is 6. The van der Waals surface area contributed by atoms with Gasteiger partial charge in [-0.25, -0.2) is 8.42 Å². The molecule has 1 aromatic carbocycles.